The maximum Gasteiger partial charge on any atom is 0.0738 e. The third-order valence-electron chi connectivity index (χ3n) is 3.87. The van der Waals surface area contributed by atoms with E-state index in [9.17, 15) is 0 Å². The molecule has 2 aliphatic heterocycles. The first kappa shape index (κ1) is 13.1. The van der Waals surface area contributed by atoms with Crippen LogP contribution >= 0.6 is 0 Å². The van der Waals surface area contributed by atoms with Crippen LogP contribution in [0, 0.1) is 12.1 Å². The van der Waals surface area contributed by atoms with E-state index in [1.807, 2.05) is 60.7 Å². The van der Waals surface area contributed by atoms with Gasteiger partial charge in [-0.25, -0.2) is 9.97 Å². The van der Waals surface area contributed by atoms with E-state index in [0.29, 0.717) is 0 Å². The van der Waals surface area contributed by atoms with Crippen molar-refractivity contribution in [2.75, 3.05) is 0 Å². The summed E-state index contributed by atoms with van der Waals surface area (Å²) in [5, 5.41) is 0. The van der Waals surface area contributed by atoms with E-state index < -0.39 is 0 Å². The van der Waals surface area contributed by atoms with Gasteiger partial charge in [0.2, 0.25) is 0 Å². The molecule has 4 heteroatoms. The van der Waals surface area contributed by atoms with Crippen LogP contribution in [0.4, 0.5) is 0 Å². The van der Waals surface area contributed by atoms with Gasteiger partial charge in [-0.2, -0.15) is 0 Å². The average molecular weight is 308 g/mol. The summed E-state index contributed by atoms with van der Waals surface area (Å²) in [6, 6.07) is 18.5. The van der Waals surface area contributed by atoms with E-state index >= 15 is 0 Å². The topological polar surface area (TPSA) is 57.4 Å². The van der Waals surface area contributed by atoms with E-state index in [2.05, 4.69) is 32.1 Å². The largest absolute Gasteiger partial charge is 0.355 e. The first-order chi connectivity index (χ1) is 11.8. The minimum atomic E-state index is 0.806. The van der Waals surface area contributed by atoms with Crippen molar-refractivity contribution in [1.82, 2.24) is 19.9 Å². The predicted molar refractivity (Wildman–Crippen MR) is 96.5 cm³/mol. The number of aromatic amines is 2. The Bertz CT molecular complexity index is 984. The highest BCUT2D eigenvalue weighted by atomic mass is 14.8. The number of hydrogen-bond acceptors (Lipinski definition) is 2. The second kappa shape index (κ2) is 5.06. The van der Waals surface area contributed by atoms with Crippen molar-refractivity contribution in [3.8, 4) is 0 Å². The molecule has 0 amide bonds. The van der Waals surface area contributed by atoms with Crippen LogP contribution in [0.25, 0.3) is 46.4 Å². The number of hydrogen-bond donors (Lipinski definition) is 2. The lowest BCUT2D eigenvalue weighted by atomic mass is 10.3. The van der Waals surface area contributed by atoms with Crippen molar-refractivity contribution in [1.29, 1.82) is 0 Å². The maximum absolute atomic E-state index is 4.57. The number of H-pyrrole nitrogens is 2. The fourth-order valence-corrected chi connectivity index (χ4v) is 2.79. The Labute approximate surface area is 138 Å². The Morgan fingerprint density at radius 3 is 1.62 bits per heavy atom. The molecular formula is C20H12N4. The number of rotatable bonds is 0. The maximum atomic E-state index is 4.57. The van der Waals surface area contributed by atoms with Gasteiger partial charge in [-0.15, -0.1) is 0 Å². The molecule has 0 saturated carbocycles. The Hall–Kier alpha value is -3.40. The summed E-state index contributed by atoms with van der Waals surface area (Å²) in [7, 11) is 0. The molecule has 3 aromatic rings. The normalized spacial score (nSPS) is 12.7. The standard InChI is InChI=1S/C20H12N4/c1-2-14-10-16-5-6-18(23-16)12-20-8-7-19(24-20)11-17-4-3-15(22-17)9-13(1)21-14/h1-9,12,21,24H. The Kier molecular flexibility index (Phi) is 2.76. The number of nitrogens with one attached hydrogen (secondary N) is 2. The molecule has 0 spiro atoms. The third-order valence-corrected chi connectivity index (χ3v) is 3.87. The van der Waals surface area contributed by atoms with Crippen molar-refractivity contribution >= 4 is 46.4 Å². The van der Waals surface area contributed by atoms with Crippen molar-refractivity contribution < 1.29 is 0 Å². The molecule has 4 nitrogen and oxygen atoms in total. The lowest BCUT2D eigenvalue weighted by molar-refractivity contribution is 1.31. The van der Waals surface area contributed by atoms with Crippen molar-refractivity contribution in [2.45, 2.75) is 0 Å². The minimum Gasteiger partial charge on any atom is -0.355 e. The van der Waals surface area contributed by atoms with Crippen LogP contribution in [-0.4, -0.2) is 19.9 Å². The molecule has 2 radical (unpaired) electrons. The van der Waals surface area contributed by atoms with Gasteiger partial charge in [-0.05, 0) is 60.7 Å². The molecule has 112 valence electrons. The van der Waals surface area contributed by atoms with Crippen LogP contribution in [0.5, 0.6) is 0 Å². The van der Waals surface area contributed by atoms with E-state index in [1.165, 1.54) is 0 Å². The lowest BCUT2D eigenvalue weighted by Gasteiger charge is -1.85. The molecule has 0 fully saturated rings. The Morgan fingerprint density at radius 2 is 1.12 bits per heavy atom. The highest BCUT2D eigenvalue weighted by Gasteiger charge is 2.01. The average Bonchev–Trinajstić information content (AvgIpc) is 3.32. The summed E-state index contributed by atoms with van der Waals surface area (Å²) in [6.07, 6.45) is 7.88. The zero-order valence-electron chi connectivity index (χ0n) is 12.7. The molecule has 8 bridgehead atoms. The molecule has 5 heterocycles. The van der Waals surface area contributed by atoms with Gasteiger partial charge >= 0.3 is 0 Å². The quantitative estimate of drug-likeness (QED) is 0.449. The monoisotopic (exact) mass is 308 g/mol. The highest BCUT2D eigenvalue weighted by molar-refractivity contribution is 5.76. The molecule has 0 unspecified atom stereocenters. The van der Waals surface area contributed by atoms with E-state index in [-0.39, 0.29) is 0 Å². The van der Waals surface area contributed by atoms with Gasteiger partial charge < -0.3 is 9.97 Å². The zero-order chi connectivity index (χ0) is 15.9. The first-order valence-electron chi connectivity index (χ1n) is 7.69. The second-order valence-electron chi connectivity index (χ2n) is 5.70. The van der Waals surface area contributed by atoms with Crippen LogP contribution in [0.1, 0.15) is 22.8 Å². The van der Waals surface area contributed by atoms with Gasteiger partial charge in [0.1, 0.15) is 0 Å². The summed E-state index contributed by atoms with van der Waals surface area (Å²) in [4.78, 5) is 15.8. The molecular weight excluding hydrogens is 296 g/mol. The molecule has 0 aliphatic carbocycles. The summed E-state index contributed by atoms with van der Waals surface area (Å²) in [6.45, 7) is 0. The fraction of sp³-hybridized carbons (Fsp3) is 0. The van der Waals surface area contributed by atoms with Crippen LogP contribution < -0.4 is 0 Å². The van der Waals surface area contributed by atoms with Crippen molar-refractivity contribution in [3.05, 3.63) is 71.3 Å². The molecule has 0 saturated heterocycles. The van der Waals surface area contributed by atoms with Crippen molar-refractivity contribution in [3.63, 3.8) is 0 Å². The second-order valence-corrected chi connectivity index (χ2v) is 5.70. The van der Waals surface area contributed by atoms with Crippen molar-refractivity contribution in [2.24, 2.45) is 0 Å². The van der Waals surface area contributed by atoms with Crippen LogP contribution in [0.15, 0.2) is 36.4 Å². The molecule has 5 rings (SSSR count). The fourth-order valence-electron chi connectivity index (χ4n) is 2.79. The lowest BCUT2D eigenvalue weighted by Crippen LogP contribution is -1.76. The predicted octanol–water partition coefficient (Wildman–Crippen LogP) is 4.26. The van der Waals surface area contributed by atoms with Gasteiger partial charge in [0.15, 0.2) is 0 Å². The molecule has 2 aliphatic rings. The molecule has 3 aromatic heterocycles. The highest BCUT2D eigenvalue weighted by Crippen LogP contribution is 2.16. The van der Waals surface area contributed by atoms with Crippen LogP contribution in [-0.2, 0) is 0 Å². The zero-order valence-corrected chi connectivity index (χ0v) is 12.7. The van der Waals surface area contributed by atoms with Gasteiger partial charge in [0.05, 0.1) is 22.8 Å². The molecule has 24 heavy (non-hydrogen) atoms. The van der Waals surface area contributed by atoms with Gasteiger partial charge in [0, 0.05) is 34.2 Å². The number of nitrogens with zero attached hydrogens (tertiary/aromatic N) is 2. The van der Waals surface area contributed by atoms with Crippen LogP contribution in [0.3, 0.4) is 0 Å². The summed E-state index contributed by atoms with van der Waals surface area (Å²) < 4.78 is 0. The summed E-state index contributed by atoms with van der Waals surface area (Å²) in [5.41, 5.74) is 7.15. The number of fused-ring (bicyclic) bond motifs is 8. The van der Waals surface area contributed by atoms with Gasteiger partial charge in [-0.3, -0.25) is 0 Å². The summed E-state index contributed by atoms with van der Waals surface area (Å²) in [5.74, 6) is 0. The van der Waals surface area contributed by atoms with Crippen LogP contribution in [0.2, 0.25) is 0 Å². The van der Waals surface area contributed by atoms with Gasteiger partial charge in [-0.1, -0.05) is 0 Å². The smallest absolute Gasteiger partial charge is 0.0738 e. The van der Waals surface area contributed by atoms with Gasteiger partial charge in [0.25, 0.3) is 0 Å². The minimum absolute atomic E-state index is 0.806. The Morgan fingerprint density at radius 1 is 0.625 bits per heavy atom. The molecule has 0 aromatic carbocycles. The SMILES string of the molecule is [c]1c2nc(cc3ccc([c]c4nc(cc5ccc1[nH]5)C=C4)[nH]3)C=C2. The molecule has 0 atom stereocenters. The third kappa shape index (κ3) is 2.44. The van der Waals surface area contributed by atoms with E-state index in [0.717, 1.165) is 44.8 Å². The Balaban J connectivity index is 1.85. The van der Waals surface area contributed by atoms with E-state index in [4.69, 9.17) is 0 Å². The first-order valence-corrected chi connectivity index (χ1v) is 7.69. The summed E-state index contributed by atoms with van der Waals surface area (Å²) >= 11 is 0. The number of aromatic nitrogens is 4. The van der Waals surface area contributed by atoms with E-state index in [1.54, 1.807) is 0 Å². The molecule has 2 N–H and O–H groups in total.